The lowest BCUT2D eigenvalue weighted by Gasteiger charge is -2.09. The van der Waals surface area contributed by atoms with Crippen LogP contribution in [0.1, 0.15) is 17.5 Å². The summed E-state index contributed by atoms with van der Waals surface area (Å²) in [6, 6.07) is 5.36. The van der Waals surface area contributed by atoms with Crippen LogP contribution in [0.3, 0.4) is 0 Å². The second-order valence-electron chi connectivity index (χ2n) is 4.41. The predicted molar refractivity (Wildman–Crippen MR) is 66.6 cm³/mol. The van der Waals surface area contributed by atoms with Gasteiger partial charge in [-0.1, -0.05) is 11.6 Å². The van der Waals surface area contributed by atoms with Gasteiger partial charge in [0, 0.05) is 11.6 Å². The minimum Gasteiger partial charge on any atom is -0.236 e. The highest BCUT2D eigenvalue weighted by atomic mass is 35.5. The summed E-state index contributed by atoms with van der Waals surface area (Å²) < 4.78 is 26.7. The quantitative estimate of drug-likeness (QED) is 0.705. The van der Waals surface area contributed by atoms with Crippen LogP contribution in [0.25, 0.3) is 11.3 Å². The van der Waals surface area contributed by atoms with Crippen molar-refractivity contribution in [3.8, 4) is 11.3 Å². The number of hydrogen-bond donors (Lipinski definition) is 0. The van der Waals surface area contributed by atoms with Gasteiger partial charge in [-0.3, -0.25) is 0 Å². The maximum Gasteiger partial charge on any atom is 0.135 e. The van der Waals surface area contributed by atoms with Crippen molar-refractivity contribution in [3.63, 3.8) is 0 Å². The highest BCUT2D eigenvalue weighted by Crippen LogP contribution is 2.34. The van der Waals surface area contributed by atoms with E-state index in [1.165, 1.54) is 12.1 Å². The van der Waals surface area contributed by atoms with Gasteiger partial charge < -0.3 is 0 Å². The molecule has 1 heterocycles. The van der Waals surface area contributed by atoms with Crippen LogP contribution in [-0.2, 0) is 12.8 Å². The molecule has 0 N–H and O–H groups in total. The summed E-state index contributed by atoms with van der Waals surface area (Å²) >= 11 is 5.95. The molecular formula is C14H10ClF2N. The summed E-state index contributed by atoms with van der Waals surface area (Å²) in [5.41, 5.74) is 3.02. The van der Waals surface area contributed by atoms with Crippen molar-refractivity contribution in [1.82, 2.24) is 4.98 Å². The molecule has 1 nitrogen and oxygen atoms in total. The fraction of sp³-hybridized carbons (Fsp3) is 0.214. The van der Waals surface area contributed by atoms with E-state index in [-0.39, 0.29) is 0 Å². The van der Waals surface area contributed by atoms with E-state index >= 15 is 0 Å². The standard InChI is InChI=1S/C14H10ClF2N/c15-13-6-8-2-1-3-10(8)14(18-13)11-5-4-9(16)7-12(11)17/h4-7H,1-3H2. The molecule has 1 aliphatic rings. The van der Waals surface area contributed by atoms with E-state index in [0.717, 1.165) is 36.5 Å². The second kappa shape index (κ2) is 4.32. The normalized spacial score (nSPS) is 13.7. The van der Waals surface area contributed by atoms with Crippen LogP contribution in [0.4, 0.5) is 8.78 Å². The molecule has 0 spiro atoms. The van der Waals surface area contributed by atoms with Crippen molar-refractivity contribution >= 4 is 11.6 Å². The summed E-state index contributed by atoms with van der Waals surface area (Å²) in [5.74, 6) is -1.19. The first kappa shape index (κ1) is 11.6. The Bertz CT molecular complexity index is 625. The largest absolute Gasteiger partial charge is 0.236 e. The van der Waals surface area contributed by atoms with Gasteiger partial charge in [-0.15, -0.1) is 0 Å². The highest BCUT2D eigenvalue weighted by Gasteiger charge is 2.20. The topological polar surface area (TPSA) is 12.9 Å². The number of rotatable bonds is 1. The van der Waals surface area contributed by atoms with Gasteiger partial charge in [0.25, 0.3) is 0 Å². The first-order valence-corrected chi connectivity index (χ1v) is 6.16. The number of nitrogens with zero attached hydrogens (tertiary/aromatic N) is 1. The van der Waals surface area contributed by atoms with E-state index in [1.807, 2.05) is 6.07 Å². The van der Waals surface area contributed by atoms with Crippen LogP contribution in [0.5, 0.6) is 0 Å². The molecule has 4 heteroatoms. The zero-order chi connectivity index (χ0) is 12.7. The monoisotopic (exact) mass is 265 g/mol. The van der Waals surface area contributed by atoms with Gasteiger partial charge in [0.2, 0.25) is 0 Å². The summed E-state index contributed by atoms with van der Waals surface area (Å²) in [7, 11) is 0. The molecule has 0 amide bonds. The Morgan fingerprint density at radius 3 is 2.72 bits per heavy atom. The Labute approximate surface area is 108 Å². The average molecular weight is 266 g/mol. The van der Waals surface area contributed by atoms with Crippen molar-refractivity contribution in [2.45, 2.75) is 19.3 Å². The lowest BCUT2D eigenvalue weighted by molar-refractivity contribution is 0.585. The van der Waals surface area contributed by atoms with Crippen LogP contribution < -0.4 is 0 Å². The lowest BCUT2D eigenvalue weighted by Crippen LogP contribution is -1.96. The maximum atomic E-state index is 13.8. The van der Waals surface area contributed by atoms with Gasteiger partial charge in [-0.2, -0.15) is 0 Å². The number of benzene rings is 1. The van der Waals surface area contributed by atoms with E-state index in [0.29, 0.717) is 16.4 Å². The molecule has 1 aromatic carbocycles. The Morgan fingerprint density at radius 1 is 1.11 bits per heavy atom. The molecule has 0 saturated heterocycles. The molecule has 0 atom stereocenters. The van der Waals surface area contributed by atoms with Crippen LogP contribution in [0.2, 0.25) is 5.15 Å². The maximum absolute atomic E-state index is 13.8. The molecule has 0 unspecified atom stereocenters. The van der Waals surface area contributed by atoms with Crippen LogP contribution in [-0.4, -0.2) is 4.98 Å². The molecule has 2 aromatic rings. The Morgan fingerprint density at radius 2 is 1.94 bits per heavy atom. The van der Waals surface area contributed by atoms with Crippen molar-refractivity contribution in [2.75, 3.05) is 0 Å². The van der Waals surface area contributed by atoms with Gasteiger partial charge in [0.05, 0.1) is 5.69 Å². The number of aryl methyl sites for hydroxylation is 1. The molecule has 0 fully saturated rings. The SMILES string of the molecule is Fc1ccc(-c2nc(Cl)cc3c2CCC3)c(F)c1. The molecule has 0 radical (unpaired) electrons. The number of aromatic nitrogens is 1. The van der Waals surface area contributed by atoms with Gasteiger partial charge in [0.15, 0.2) is 0 Å². The van der Waals surface area contributed by atoms with E-state index < -0.39 is 11.6 Å². The number of fused-ring (bicyclic) bond motifs is 1. The van der Waals surface area contributed by atoms with Crippen molar-refractivity contribution in [3.05, 3.63) is 52.2 Å². The van der Waals surface area contributed by atoms with Crippen LogP contribution >= 0.6 is 11.6 Å². The number of hydrogen-bond acceptors (Lipinski definition) is 1. The fourth-order valence-corrected chi connectivity index (χ4v) is 2.67. The second-order valence-corrected chi connectivity index (χ2v) is 4.80. The molecule has 1 aliphatic carbocycles. The van der Waals surface area contributed by atoms with E-state index in [1.54, 1.807) is 0 Å². The molecular weight excluding hydrogens is 256 g/mol. The smallest absolute Gasteiger partial charge is 0.135 e. The molecule has 3 rings (SSSR count). The molecule has 92 valence electrons. The number of halogens is 3. The molecule has 0 saturated carbocycles. The zero-order valence-electron chi connectivity index (χ0n) is 9.51. The summed E-state index contributed by atoms with van der Waals surface area (Å²) in [5, 5.41) is 0.356. The Kier molecular flexibility index (Phi) is 2.78. The van der Waals surface area contributed by atoms with Gasteiger partial charge in [-0.05, 0) is 48.6 Å². The first-order chi connectivity index (χ1) is 8.65. The molecule has 18 heavy (non-hydrogen) atoms. The van der Waals surface area contributed by atoms with Crippen molar-refractivity contribution in [2.24, 2.45) is 0 Å². The molecule has 0 aliphatic heterocycles. The predicted octanol–water partition coefficient (Wildman–Crippen LogP) is 4.17. The Hall–Kier alpha value is -1.48. The Balaban J connectivity index is 2.23. The minimum absolute atomic E-state index is 0.317. The van der Waals surface area contributed by atoms with Crippen molar-refractivity contribution in [1.29, 1.82) is 0 Å². The minimum atomic E-state index is -0.598. The highest BCUT2D eigenvalue weighted by molar-refractivity contribution is 6.29. The van der Waals surface area contributed by atoms with Gasteiger partial charge >= 0.3 is 0 Å². The summed E-state index contributed by atoms with van der Waals surface area (Å²) in [6.45, 7) is 0. The average Bonchev–Trinajstić information content (AvgIpc) is 2.76. The molecule has 0 bridgehead atoms. The molecule has 1 aromatic heterocycles. The lowest BCUT2D eigenvalue weighted by atomic mass is 10.0. The van der Waals surface area contributed by atoms with E-state index in [9.17, 15) is 8.78 Å². The first-order valence-electron chi connectivity index (χ1n) is 5.79. The van der Waals surface area contributed by atoms with E-state index in [2.05, 4.69) is 4.98 Å². The van der Waals surface area contributed by atoms with Crippen molar-refractivity contribution < 1.29 is 8.78 Å². The van der Waals surface area contributed by atoms with E-state index in [4.69, 9.17) is 11.6 Å². The fourth-order valence-electron chi connectivity index (χ4n) is 2.45. The third kappa shape index (κ3) is 1.89. The zero-order valence-corrected chi connectivity index (χ0v) is 10.3. The van der Waals surface area contributed by atoms with Crippen LogP contribution in [0, 0.1) is 11.6 Å². The summed E-state index contributed by atoms with van der Waals surface area (Å²) in [6.07, 6.45) is 2.83. The van der Waals surface area contributed by atoms with Gasteiger partial charge in [0.1, 0.15) is 16.8 Å². The number of pyridine rings is 1. The summed E-state index contributed by atoms with van der Waals surface area (Å²) in [4.78, 5) is 4.21. The third-order valence-electron chi connectivity index (χ3n) is 3.24. The van der Waals surface area contributed by atoms with Gasteiger partial charge in [-0.25, -0.2) is 13.8 Å². The third-order valence-corrected chi connectivity index (χ3v) is 3.44. The van der Waals surface area contributed by atoms with Crippen LogP contribution in [0.15, 0.2) is 24.3 Å².